The Hall–Kier alpha value is -4.47. The van der Waals surface area contributed by atoms with E-state index in [0.717, 1.165) is 91.0 Å². The van der Waals surface area contributed by atoms with E-state index in [0.29, 0.717) is 42.4 Å². The quantitative estimate of drug-likeness (QED) is 0.185. The number of hydrogen-bond acceptors (Lipinski definition) is 6. The predicted molar refractivity (Wildman–Crippen MR) is 207 cm³/mol. The van der Waals surface area contributed by atoms with Crippen molar-refractivity contribution in [1.29, 1.82) is 0 Å². The van der Waals surface area contributed by atoms with Gasteiger partial charge >= 0.3 is 0 Å². The number of nitrogens with zero attached hydrogens (tertiary/aromatic N) is 3. The summed E-state index contributed by atoms with van der Waals surface area (Å²) in [5, 5.41) is 3.05. The van der Waals surface area contributed by atoms with Gasteiger partial charge in [-0.2, -0.15) is 0 Å². The number of benzene rings is 3. The second-order valence-electron chi connectivity index (χ2n) is 15.1. The van der Waals surface area contributed by atoms with Gasteiger partial charge < -0.3 is 14.2 Å². The molecule has 0 radical (unpaired) electrons. The molecule has 3 aromatic carbocycles. The predicted octanol–water partition coefficient (Wildman–Crippen LogP) is 7.08. The van der Waals surface area contributed by atoms with Crippen LogP contribution in [-0.4, -0.2) is 48.0 Å². The van der Waals surface area contributed by atoms with E-state index in [1.165, 1.54) is 16.7 Å². The molecule has 2 amide bonds. The fourth-order valence-corrected chi connectivity index (χ4v) is 8.78. The summed E-state index contributed by atoms with van der Waals surface area (Å²) >= 11 is 6.97. The lowest BCUT2D eigenvalue weighted by atomic mass is 9.85. The van der Waals surface area contributed by atoms with Crippen molar-refractivity contribution < 1.29 is 18.7 Å². The summed E-state index contributed by atoms with van der Waals surface area (Å²) in [6.07, 6.45) is 7.13. The second kappa shape index (κ2) is 15.5. The molecular formula is C43H48ClFN4O4. The van der Waals surface area contributed by atoms with Gasteiger partial charge in [0.1, 0.15) is 11.6 Å². The molecule has 7 rings (SSSR count). The second-order valence-corrected chi connectivity index (χ2v) is 15.5. The summed E-state index contributed by atoms with van der Waals surface area (Å²) in [5.74, 6) is 0.234. The van der Waals surface area contributed by atoms with Gasteiger partial charge in [0, 0.05) is 80.0 Å². The smallest absolute Gasteiger partial charge is 0.253 e. The third-order valence-corrected chi connectivity index (χ3v) is 12.1. The number of imide groups is 1. The Balaban J connectivity index is 0.971. The van der Waals surface area contributed by atoms with E-state index in [2.05, 4.69) is 33.3 Å². The number of hydrogen-bond donors (Lipinski definition) is 1. The van der Waals surface area contributed by atoms with Crippen LogP contribution in [0.15, 0.2) is 59.5 Å². The summed E-state index contributed by atoms with van der Waals surface area (Å²) in [6, 6.07) is 16.0. The van der Waals surface area contributed by atoms with Crippen molar-refractivity contribution >= 4 is 29.1 Å². The first-order valence-electron chi connectivity index (χ1n) is 18.7. The zero-order valence-corrected chi connectivity index (χ0v) is 31.8. The molecule has 4 aromatic rings. The summed E-state index contributed by atoms with van der Waals surface area (Å²) in [5.41, 5.74) is 10.2. The number of amides is 2. The topological polar surface area (TPSA) is 83.9 Å². The lowest BCUT2D eigenvalue weighted by Crippen LogP contribution is -2.41. The zero-order valence-electron chi connectivity index (χ0n) is 31.1. The number of aromatic nitrogens is 1. The lowest BCUT2D eigenvalue weighted by molar-refractivity contribution is -0.136. The first-order valence-corrected chi connectivity index (χ1v) is 19.1. The van der Waals surface area contributed by atoms with E-state index in [9.17, 15) is 14.4 Å². The Morgan fingerprint density at radius 2 is 1.74 bits per heavy atom. The van der Waals surface area contributed by atoms with E-state index in [1.807, 2.05) is 44.3 Å². The zero-order chi connectivity index (χ0) is 37.4. The number of methoxy groups -OCH3 is 1. The van der Waals surface area contributed by atoms with Crippen LogP contribution in [0.3, 0.4) is 0 Å². The molecule has 0 aliphatic carbocycles. The van der Waals surface area contributed by atoms with Crippen LogP contribution in [0.5, 0.6) is 5.75 Å². The molecule has 2 fully saturated rings. The van der Waals surface area contributed by atoms with Crippen molar-refractivity contribution in [1.82, 2.24) is 14.8 Å². The molecule has 3 aliphatic rings. The number of carbonyl (C=O) groups is 2. The molecule has 53 heavy (non-hydrogen) atoms. The largest absolute Gasteiger partial charge is 0.496 e. The number of ether oxygens (including phenoxy) is 1. The molecule has 1 N–H and O–H groups in total. The average molecular weight is 739 g/mol. The Morgan fingerprint density at radius 3 is 2.47 bits per heavy atom. The van der Waals surface area contributed by atoms with Gasteiger partial charge in [0.25, 0.3) is 5.56 Å². The summed E-state index contributed by atoms with van der Waals surface area (Å²) in [6.45, 7) is 7.86. The first-order chi connectivity index (χ1) is 25.5. The Bertz CT molecular complexity index is 2120. The van der Waals surface area contributed by atoms with Crippen LogP contribution >= 0.6 is 11.6 Å². The molecule has 278 valence electrons. The minimum Gasteiger partial charge on any atom is -0.496 e. The van der Waals surface area contributed by atoms with Crippen molar-refractivity contribution in [2.24, 2.45) is 18.9 Å². The Labute approximate surface area is 315 Å². The fourth-order valence-electron chi connectivity index (χ4n) is 8.51. The molecule has 1 aromatic heterocycles. The molecule has 4 heterocycles. The van der Waals surface area contributed by atoms with Crippen LogP contribution in [-0.2, 0) is 49.0 Å². The number of fused-ring (bicyclic) bond motifs is 1. The molecule has 8 nitrogen and oxygen atoms in total. The molecule has 10 heteroatoms. The maximum Gasteiger partial charge on any atom is 0.253 e. The third kappa shape index (κ3) is 7.78. The number of pyridine rings is 1. The molecule has 3 aliphatic heterocycles. The summed E-state index contributed by atoms with van der Waals surface area (Å²) in [4.78, 5) is 40.7. The first kappa shape index (κ1) is 36.9. The van der Waals surface area contributed by atoms with Gasteiger partial charge in [-0.25, -0.2) is 4.39 Å². The summed E-state index contributed by atoms with van der Waals surface area (Å²) in [7, 11) is 3.45. The molecule has 0 spiro atoms. The minimum atomic E-state index is -0.297. The summed E-state index contributed by atoms with van der Waals surface area (Å²) < 4.78 is 22.8. The maximum atomic E-state index is 15.3. The van der Waals surface area contributed by atoms with Crippen molar-refractivity contribution in [3.05, 3.63) is 115 Å². The molecular weight excluding hydrogens is 691 g/mol. The van der Waals surface area contributed by atoms with E-state index in [1.54, 1.807) is 24.8 Å². The number of anilines is 1. The van der Waals surface area contributed by atoms with Crippen LogP contribution in [0.25, 0.3) is 11.1 Å². The Morgan fingerprint density at radius 1 is 0.943 bits per heavy atom. The van der Waals surface area contributed by atoms with Gasteiger partial charge in [0.05, 0.1) is 12.8 Å². The van der Waals surface area contributed by atoms with Crippen molar-refractivity contribution in [3.63, 3.8) is 0 Å². The number of aryl methyl sites for hydroxylation is 1. The minimum absolute atomic E-state index is 0.000644. The SMILES string of the molecule is COc1cc(-c2cn(C)c(=O)c(C)c2C)cc(Cl)c1CN1CCc2c(CC3CCN(c4ccc(CC5CCC(=O)NC5=O)cc4F)CC3)cccc2C1. The molecule has 2 saturated heterocycles. The molecule has 1 unspecified atom stereocenters. The highest BCUT2D eigenvalue weighted by Crippen LogP contribution is 2.37. The lowest BCUT2D eigenvalue weighted by Gasteiger charge is -2.35. The Kier molecular flexibility index (Phi) is 10.8. The molecule has 0 bridgehead atoms. The number of halogens is 2. The van der Waals surface area contributed by atoms with Gasteiger partial charge in [-0.3, -0.25) is 24.6 Å². The van der Waals surface area contributed by atoms with Gasteiger partial charge in [-0.05, 0) is 116 Å². The molecule has 0 saturated carbocycles. The van der Waals surface area contributed by atoms with Crippen LogP contribution in [0.1, 0.15) is 64.6 Å². The van der Waals surface area contributed by atoms with Gasteiger partial charge in [-0.15, -0.1) is 0 Å². The normalized spacial score (nSPS) is 18.2. The average Bonchev–Trinajstić information content (AvgIpc) is 3.14. The van der Waals surface area contributed by atoms with Gasteiger partial charge in [0.2, 0.25) is 11.8 Å². The van der Waals surface area contributed by atoms with Gasteiger partial charge in [0.15, 0.2) is 0 Å². The van der Waals surface area contributed by atoms with Crippen molar-refractivity contribution in [3.8, 4) is 16.9 Å². The van der Waals surface area contributed by atoms with Gasteiger partial charge in [-0.1, -0.05) is 35.9 Å². The van der Waals surface area contributed by atoms with Crippen LogP contribution in [0, 0.1) is 31.5 Å². The van der Waals surface area contributed by atoms with Crippen LogP contribution in [0.4, 0.5) is 10.1 Å². The monoisotopic (exact) mass is 738 g/mol. The maximum absolute atomic E-state index is 15.3. The third-order valence-electron chi connectivity index (χ3n) is 11.8. The van der Waals surface area contributed by atoms with Crippen LogP contribution < -0.4 is 20.5 Å². The van der Waals surface area contributed by atoms with E-state index >= 15 is 4.39 Å². The van der Waals surface area contributed by atoms with Crippen LogP contribution in [0.2, 0.25) is 5.02 Å². The van der Waals surface area contributed by atoms with Crippen molar-refractivity contribution in [2.45, 2.75) is 71.9 Å². The highest BCUT2D eigenvalue weighted by molar-refractivity contribution is 6.32. The number of carbonyl (C=O) groups excluding carboxylic acids is 2. The molecule has 1 atom stereocenters. The number of piperidine rings is 2. The highest BCUT2D eigenvalue weighted by atomic mass is 35.5. The standard InChI is InChI=1S/C43H48ClFN4O4/c1-26-27(2)43(52)47(3)24-35(26)33-21-37(44)36(40(22-33)53-4)25-48-15-14-34-30(6-5-7-32(34)23-48)18-28-12-16-49(17-13-28)39-10-8-29(20-38(39)45)19-31-9-11-41(50)46-42(31)51/h5-8,10,20-22,24,28,31H,9,11-19,23,25H2,1-4H3,(H,46,50,51). The van der Waals surface area contributed by atoms with Crippen molar-refractivity contribution in [2.75, 3.05) is 31.6 Å². The van der Waals surface area contributed by atoms with E-state index < -0.39 is 0 Å². The number of rotatable bonds is 9. The number of nitrogens with one attached hydrogen (secondary N) is 1. The van der Waals surface area contributed by atoms with E-state index in [4.69, 9.17) is 16.3 Å². The highest BCUT2D eigenvalue weighted by Gasteiger charge is 2.28. The fraction of sp³-hybridized carbons (Fsp3) is 0.419. The van der Waals surface area contributed by atoms with E-state index in [-0.39, 0.29) is 29.1 Å².